The number of hydrogen-bond acceptors (Lipinski definition) is 8. The highest BCUT2D eigenvalue weighted by molar-refractivity contribution is 5.93. The molecule has 0 spiro atoms. The van der Waals surface area contributed by atoms with Crippen LogP contribution in [-0.2, 0) is 22.7 Å². The molecule has 4 rings (SSSR count). The maximum absolute atomic E-state index is 14.8. The fourth-order valence-electron chi connectivity index (χ4n) is 4.50. The highest BCUT2D eigenvalue weighted by Gasteiger charge is 2.27. The molecule has 1 amide bonds. The van der Waals surface area contributed by atoms with Crippen LogP contribution >= 0.6 is 0 Å². The molecule has 2 aromatic carbocycles. The normalized spacial score (nSPS) is 13.9. The molecule has 204 valence electrons. The number of hydrogen-bond donors (Lipinski definition) is 3. The third-order valence-electron chi connectivity index (χ3n) is 6.26. The van der Waals surface area contributed by atoms with Gasteiger partial charge in [0, 0.05) is 19.1 Å². The van der Waals surface area contributed by atoms with Gasteiger partial charge in [0.25, 0.3) is 6.01 Å². The minimum absolute atomic E-state index is 0.144. The van der Waals surface area contributed by atoms with Crippen LogP contribution in [-0.4, -0.2) is 54.3 Å². The molecule has 0 saturated carbocycles. The first kappa shape index (κ1) is 27.2. The number of carboxylic acid groups (broad SMARTS) is 1. The summed E-state index contributed by atoms with van der Waals surface area (Å²) < 4.78 is 32.1. The van der Waals surface area contributed by atoms with Crippen LogP contribution < -0.4 is 25.0 Å². The van der Waals surface area contributed by atoms with E-state index >= 15 is 0 Å². The van der Waals surface area contributed by atoms with Gasteiger partial charge in [0.1, 0.15) is 11.9 Å². The summed E-state index contributed by atoms with van der Waals surface area (Å²) in [6, 6.07) is 9.36. The van der Waals surface area contributed by atoms with E-state index in [4.69, 9.17) is 24.0 Å². The van der Waals surface area contributed by atoms with Crippen molar-refractivity contribution in [3.05, 3.63) is 47.3 Å². The fraction of sp³-hybridized carbons (Fsp3) is 0.444. The average molecular weight is 529 g/mol. The zero-order chi connectivity index (χ0) is 27.1. The Morgan fingerprint density at radius 1 is 1.13 bits per heavy atom. The average Bonchev–Trinajstić information content (AvgIpc) is 3.32. The van der Waals surface area contributed by atoms with Crippen molar-refractivity contribution < 1.29 is 33.0 Å². The second-order valence-electron chi connectivity index (χ2n) is 9.03. The Kier molecular flexibility index (Phi) is 9.01. The van der Waals surface area contributed by atoms with Crippen molar-refractivity contribution in [2.45, 2.75) is 52.2 Å². The Hall–Kier alpha value is -3.86. The first-order valence-corrected chi connectivity index (χ1v) is 12.8. The van der Waals surface area contributed by atoms with Crippen LogP contribution in [0.4, 0.5) is 10.4 Å². The molecule has 38 heavy (non-hydrogen) atoms. The summed E-state index contributed by atoms with van der Waals surface area (Å²) in [6.07, 6.45) is 1.19. The van der Waals surface area contributed by atoms with Crippen LogP contribution in [0.3, 0.4) is 0 Å². The first-order chi connectivity index (χ1) is 18.4. The number of benzene rings is 2. The molecule has 1 aliphatic heterocycles. The van der Waals surface area contributed by atoms with E-state index in [0.717, 1.165) is 37.1 Å². The van der Waals surface area contributed by atoms with Gasteiger partial charge < -0.3 is 34.5 Å². The lowest BCUT2D eigenvalue weighted by Crippen LogP contribution is -2.43. The largest absolute Gasteiger partial charge is 0.491 e. The van der Waals surface area contributed by atoms with Crippen molar-refractivity contribution >= 4 is 29.0 Å². The summed E-state index contributed by atoms with van der Waals surface area (Å²) in [6.45, 7) is 6.57. The number of piperidine rings is 1. The molecule has 0 unspecified atom stereocenters. The number of carbonyl (C=O) groups excluding carboxylic acids is 1. The zero-order valence-electron chi connectivity index (χ0n) is 21.6. The smallest absolute Gasteiger partial charge is 0.312 e. The van der Waals surface area contributed by atoms with Gasteiger partial charge >= 0.3 is 5.97 Å². The van der Waals surface area contributed by atoms with Crippen molar-refractivity contribution in [2.24, 2.45) is 0 Å². The second-order valence-corrected chi connectivity index (χ2v) is 9.03. The number of rotatable bonds is 12. The van der Waals surface area contributed by atoms with E-state index in [0.29, 0.717) is 36.9 Å². The molecule has 0 bridgehead atoms. The van der Waals surface area contributed by atoms with Crippen LogP contribution in [0.5, 0.6) is 11.5 Å². The van der Waals surface area contributed by atoms with Crippen LogP contribution in [0.15, 0.2) is 34.7 Å². The highest BCUT2D eigenvalue weighted by atomic mass is 19.1. The van der Waals surface area contributed by atoms with E-state index in [1.54, 1.807) is 38.1 Å². The number of fused-ring (bicyclic) bond motifs is 1. The molecule has 3 N–H and O–H groups in total. The quantitative estimate of drug-likeness (QED) is 0.302. The molecular formula is C27H33FN4O6. The van der Waals surface area contributed by atoms with E-state index in [1.165, 1.54) is 0 Å². The number of aromatic nitrogens is 1. The summed E-state index contributed by atoms with van der Waals surface area (Å²) >= 11 is 0. The number of halogens is 1. The second kappa shape index (κ2) is 12.6. The zero-order valence-corrected chi connectivity index (χ0v) is 21.6. The fourth-order valence-corrected chi connectivity index (χ4v) is 4.50. The Morgan fingerprint density at radius 3 is 2.45 bits per heavy atom. The Balaban J connectivity index is 1.62. The van der Waals surface area contributed by atoms with E-state index in [2.05, 4.69) is 15.5 Å². The molecule has 2 heterocycles. The Labute approximate surface area is 220 Å². The summed E-state index contributed by atoms with van der Waals surface area (Å²) in [4.78, 5) is 29.3. The number of carboxylic acids is 1. The lowest BCUT2D eigenvalue weighted by atomic mass is 10.0. The summed E-state index contributed by atoms with van der Waals surface area (Å²) in [5.41, 5.74) is 2.78. The number of nitrogens with one attached hydrogen (secondary N) is 2. The lowest BCUT2D eigenvalue weighted by Gasteiger charge is -2.33. The molecular weight excluding hydrogens is 495 g/mol. The van der Waals surface area contributed by atoms with Gasteiger partial charge in [-0.25, -0.2) is 0 Å². The first-order valence-electron chi connectivity index (χ1n) is 12.8. The van der Waals surface area contributed by atoms with Gasteiger partial charge in [-0.1, -0.05) is 6.07 Å². The third kappa shape index (κ3) is 6.71. The number of aliphatic carboxylic acids is 1. The van der Waals surface area contributed by atoms with Gasteiger partial charge in [-0.05, 0) is 75.2 Å². The minimum atomic E-state index is -1.18. The van der Waals surface area contributed by atoms with Gasteiger partial charge in [0.2, 0.25) is 11.7 Å². The number of anilines is 1. The number of amides is 1. The SMILES string of the molecule is CCOc1cc(CN(c2nc3cc(CNC(=O)CC(=O)O)ccc3o2)C2CCNCC2)cc(OCC)c1F. The number of nitrogens with zero attached hydrogens (tertiary/aromatic N) is 2. The molecule has 11 heteroatoms. The number of ether oxygens (including phenoxy) is 2. The molecule has 10 nitrogen and oxygen atoms in total. The molecule has 0 atom stereocenters. The van der Waals surface area contributed by atoms with Gasteiger partial charge in [0.15, 0.2) is 17.1 Å². The van der Waals surface area contributed by atoms with E-state index in [9.17, 15) is 14.0 Å². The lowest BCUT2D eigenvalue weighted by molar-refractivity contribution is -0.140. The van der Waals surface area contributed by atoms with Crippen molar-refractivity contribution in [1.29, 1.82) is 0 Å². The standard InChI is InChI=1S/C27H33FN4O6/c1-3-36-22-12-18(13-23(26(22)28)37-4-2)16-32(19-7-9-29-10-8-19)27-31-20-11-17(5-6-21(20)38-27)15-30-24(33)14-25(34)35/h5-6,11-13,19,29H,3-4,7-10,14-16H2,1-2H3,(H,30,33)(H,34,35). The molecule has 1 aliphatic rings. The van der Waals surface area contributed by atoms with Gasteiger partial charge in [-0.15, -0.1) is 0 Å². The summed E-state index contributed by atoms with van der Waals surface area (Å²) in [7, 11) is 0. The van der Waals surface area contributed by atoms with Gasteiger partial charge in [-0.2, -0.15) is 9.37 Å². The van der Waals surface area contributed by atoms with E-state index in [-0.39, 0.29) is 24.1 Å². The van der Waals surface area contributed by atoms with E-state index in [1.807, 2.05) is 6.07 Å². The number of oxazole rings is 1. The van der Waals surface area contributed by atoms with Crippen molar-refractivity contribution in [1.82, 2.24) is 15.6 Å². The van der Waals surface area contributed by atoms with Crippen molar-refractivity contribution in [2.75, 3.05) is 31.2 Å². The maximum atomic E-state index is 14.8. The maximum Gasteiger partial charge on any atom is 0.312 e. The molecule has 1 saturated heterocycles. The summed E-state index contributed by atoms with van der Waals surface area (Å²) in [5, 5.41) is 14.7. The highest BCUT2D eigenvalue weighted by Crippen LogP contribution is 2.33. The van der Waals surface area contributed by atoms with E-state index < -0.39 is 24.1 Å². The summed E-state index contributed by atoms with van der Waals surface area (Å²) in [5.74, 6) is -1.97. The minimum Gasteiger partial charge on any atom is -0.491 e. The van der Waals surface area contributed by atoms with Crippen LogP contribution in [0, 0.1) is 5.82 Å². The van der Waals surface area contributed by atoms with Crippen molar-refractivity contribution in [3.63, 3.8) is 0 Å². The molecule has 3 aromatic rings. The molecule has 1 fully saturated rings. The Morgan fingerprint density at radius 2 is 1.82 bits per heavy atom. The monoisotopic (exact) mass is 528 g/mol. The van der Waals surface area contributed by atoms with Crippen LogP contribution in [0.2, 0.25) is 0 Å². The van der Waals surface area contributed by atoms with Gasteiger partial charge in [-0.3, -0.25) is 9.59 Å². The third-order valence-corrected chi connectivity index (χ3v) is 6.26. The number of carbonyl (C=O) groups is 2. The molecule has 1 aromatic heterocycles. The molecule has 0 aliphatic carbocycles. The Bertz CT molecular complexity index is 1250. The van der Waals surface area contributed by atoms with Crippen LogP contribution in [0.25, 0.3) is 11.1 Å². The van der Waals surface area contributed by atoms with Crippen molar-refractivity contribution in [3.8, 4) is 11.5 Å². The predicted octanol–water partition coefficient (Wildman–Crippen LogP) is 3.61. The predicted molar refractivity (Wildman–Crippen MR) is 139 cm³/mol. The topological polar surface area (TPSA) is 126 Å². The van der Waals surface area contributed by atoms with Crippen LogP contribution in [0.1, 0.15) is 44.2 Å². The van der Waals surface area contributed by atoms with Gasteiger partial charge in [0.05, 0.1) is 13.2 Å². The molecule has 0 radical (unpaired) electrons.